The molecule has 0 bridgehead atoms. The predicted molar refractivity (Wildman–Crippen MR) is 210 cm³/mol. The summed E-state index contributed by atoms with van der Waals surface area (Å²) in [4.78, 5) is 103. The molecule has 0 aromatic heterocycles. The Morgan fingerprint density at radius 2 is 1.09 bits per heavy atom. The molecule has 0 spiro atoms. The molecule has 21 nitrogen and oxygen atoms in total. The van der Waals surface area contributed by atoms with Crippen molar-refractivity contribution >= 4 is 53.3 Å². The molecule has 0 saturated carbocycles. The zero-order valence-corrected chi connectivity index (χ0v) is 33.2. The molecule has 6 atom stereocenters. The molecule has 1 rings (SSSR count). The SMILES string of the molecule is CC(=O)O.CC(C)CC(NC(=O)C(Cc1ccccc1)NC(=O)C(N)CO)C(=O)NC(CC(C)C)C(=O)NC(CCCN=C(N)N)C(=O)NC(CC(N)=O)C(N)=O. The van der Waals surface area contributed by atoms with Gasteiger partial charge < -0.3 is 65.5 Å². The number of aliphatic hydroxyl groups excluding tert-OH is 1. The number of aliphatic hydroxyl groups is 1. The standard InChI is InChI=1S/C34H57N11O8.C2H4O2/c1-18(2)13-24(31(51)41-22(11-8-12-40-34(38)39)30(50)42-23(28(37)48)16-27(36)47)44-32(52)25(14-19(3)4)45-33(53)26(43-29(49)21(35)17-46)15-20-9-6-5-7-10-20;1-2(3)4/h5-7,9-10,18-19,21-26,46H,8,11-17,35H2,1-4H3,(H2,36,47)(H2,37,48)(H,41,51)(H,42,50)(H,43,49)(H,44,52)(H,45,53)(H4,38,39,40);1H3,(H,3,4). The number of carbonyl (C=O) groups excluding carboxylic acids is 7. The third kappa shape index (κ3) is 23.0. The second-order valence-corrected chi connectivity index (χ2v) is 14.1. The molecule has 21 heteroatoms. The Morgan fingerprint density at radius 1 is 0.667 bits per heavy atom. The minimum atomic E-state index is -1.45. The molecule has 57 heavy (non-hydrogen) atoms. The molecule has 0 heterocycles. The molecule has 0 saturated heterocycles. The summed E-state index contributed by atoms with van der Waals surface area (Å²) in [6, 6.07) is 1.29. The number of primary amides is 2. The third-order valence-electron chi connectivity index (χ3n) is 7.77. The van der Waals surface area contributed by atoms with Gasteiger partial charge in [0.2, 0.25) is 41.4 Å². The summed E-state index contributed by atoms with van der Waals surface area (Å²) in [5.74, 6) is -6.93. The lowest BCUT2D eigenvalue weighted by Gasteiger charge is -2.28. The first-order valence-electron chi connectivity index (χ1n) is 18.3. The van der Waals surface area contributed by atoms with Crippen LogP contribution < -0.4 is 55.3 Å². The van der Waals surface area contributed by atoms with Crippen molar-refractivity contribution in [1.82, 2.24) is 26.6 Å². The van der Waals surface area contributed by atoms with E-state index in [2.05, 4.69) is 31.6 Å². The Labute approximate surface area is 332 Å². The highest BCUT2D eigenvalue weighted by Gasteiger charge is 2.33. The normalized spacial score (nSPS) is 13.8. The van der Waals surface area contributed by atoms with Gasteiger partial charge in [-0.05, 0) is 43.1 Å². The van der Waals surface area contributed by atoms with Crippen LogP contribution in [0.15, 0.2) is 35.3 Å². The van der Waals surface area contributed by atoms with E-state index in [1.165, 1.54) is 0 Å². The minimum Gasteiger partial charge on any atom is -0.481 e. The van der Waals surface area contributed by atoms with Crippen LogP contribution in [0.2, 0.25) is 0 Å². The third-order valence-corrected chi connectivity index (χ3v) is 7.77. The summed E-state index contributed by atoms with van der Waals surface area (Å²) in [5, 5.41) is 29.7. The molecule has 0 fully saturated rings. The Morgan fingerprint density at radius 3 is 1.51 bits per heavy atom. The largest absolute Gasteiger partial charge is 0.481 e. The summed E-state index contributed by atoms with van der Waals surface area (Å²) in [5.41, 5.74) is 27.7. The fourth-order valence-corrected chi connectivity index (χ4v) is 5.11. The smallest absolute Gasteiger partial charge is 0.300 e. The highest BCUT2D eigenvalue weighted by molar-refractivity contribution is 5.97. The van der Waals surface area contributed by atoms with Gasteiger partial charge in [-0.1, -0.05) is 58.0 Å². The van der Waals surface area contributed by atoms with Crippen LogP contribution in [0.5, 0.6) is 0 Å². The molecule has 1 aromatic rings. The van der Waals surface area contributed by atoms with Crippen LogP contribution in [-0.2, 0) is 44.8 Å². The summed E-state index contributed by atoms with van der Waals surface area (Å²) in [6.07, 6.45) is -0.0534. The van der Waals surface area contributed by atoms with Gasteiger partial charge in [-0.3, -0.25) is 43.3 Å². The summed E-state index contributed by atoms with van der Waals surface area (Å²) < 4.78 is 0. The first kappa shape index (κ1) is 51.2. The number of carboxylic acid groups (broad SMARTS) is 1. The van der Waals surface area contributed by atoms with Gasteiger partial charge in [-0.25, -0.2) is 0 Å². The Hall–Kier alpha value is -5.83. The predicted octanol–water partition coefficient (Wildman–Crippen LogP) is -3.43. The molecule has 17 N–H and O–H groups in total. The molecule has 0 aliphatic carbocycles. The van der Waals surface area contributed by atoms with Gasteiger partial charge >= 0.3 is 0 Å². The maximum atomic E-state index is 13.8. The Kier molecular flexibility index (Phi) is 24.1. The molecule has 7 amide bonds. The number of guanidine groups is 1. The molecule has 6 unspecified atom stereocenters. The Balaban J connectivity index is 0.00000745. The zero-order chi connectivity index (χ0) is 43.8. The fraction of sp³-hybridized carbons (Fsp3) is 0.583. The van der Waals surface area contributed by atoms with Crippen LogP contribution in [0, 0.1) is 11.8 Å². The van der Waals surface area contributed by atoms with E-state index in [1.54, 1.807) is 30.3 Å². The van der Waals surface area contributed by atoms with Crippen LogP contribution in [0.4, 0.5) is 0 Å². The number of carbonyl (C=O) groups is 8. The van der Waals surface area contributed by atoms with Crippen molar-refractivity contribution in [1.29, 1.82) is 0 Å². The molecule has 0 aliphatic heterocycles. The van der Waals surface area contributed by atoms with E-state index in [0.717, 1.165) is 6.92 Å². The van der Waals surface area contributed by atoms with Gasteiger partial charge in [0.1, 0.15) is 36.3 Å². The lowest BCUT2D eigenvalue weighted by Crippen LogP contribution is -2.60. The summed E-state index contributed by atoms with van der Waals surface area (Å²) in [7, 11) is 0. The number of hydrogen-bond acceptors (Lipinski definition) is 11. The number of nitrogens with one attached hydrogen (secondary N) is 5. The van der Waals surface area contributed by atoms with Gasteiger partial charge in [-0.2, -0.15) is 0 Å². The van der Waals surface area contributed by atoms with Crippen LogP contribution in [-0.4, -0.2) is 113 Å². The summed E-state index contributed by atoms with van der Waals surface area (Å²) >= 11 is 0. The monoisotopic (exact) mass is 807 g/mol. The van der Waals surface area contributed by atoms with E-state index in [-0.39, 0.29) is 56.4 Å². The van der Waals surface area contributed by atoms with Gasteiger partial charge in [0, 0.05) is 19.9 Å². The molecule has 320 valence electrons. The quantitative estimate of drug-likeness (QED) is 0.0275. The average molecular weight is 808 g/mol. The maximum absolute atomic E-state index is 13.8. The second kappa shape index (κ2) is 26.9. The number of nitrogens with zero attached hydrogens (tertiary/aromatic N) is 1. The van der Waals surface area contributed by atoms with Crippen molar-refractivity contribution in [2.75, 3.05) is 13.2 Å². The lowest BCUT2D eigenvalue weighted by molar-refractivity contribution is -0.135. The van der Waals surface area contributed by atoms with Crippen molar-refractivity contribution in [3.8, 4) is 0 Å². The minimum absolute atomic E-state index is 0.0146. The van der Waals surface area contributed by atoms with Crippen molar-refractivity contribution in [2.24, 2.45) is 45.5 Å². The number of amides is 7. The molecular formula is C36H61N11O10. The molecule has 0 aliphatic rings. The first-order valence-corrected chi connectivity index (χ1v) is 18.3. The van der Waals surface area contributed by atoms with E-state index in [4.69, 9.17) is 38.6 Å². The van der Waals surface area contributed by atoms with Crippen LogP contribution >= 0.6 is 0 Å². The number of aliphatic imine (C=N–C) groups is 1. The highest BCUT2D eigenvalue weighted by atomic mass is 16.4. The van der Waals surface area contributed by atoms with Crippen LogP contribution in [0.3, 0.4) is 0 Å². The molecular weight excluding hydrogens is 746 g/mol. The average Bonchev–Trinajstić information content (AvgIpc) is 3.10. The van der Waals surface area contributed by atoms with Crippen molar-refractivity contribution < 1.29 is 48.6 Å². The number of aliphatic carboxylic acids is 1. The van der Waals surface area contributed by atoms with E-state index in [9.17, 15) is 38.7 Å². The van der Waals surface area contributed by atoms with E-state index in [0.29, 0.717) is 5.56 Å². The Bertz CT molecular complexity index is 1520. The van der Waals surface area contributed by atoms with Crippen molar-refractivity contribution in [3.63, 3.8) is 0 Å². The topological polar surface area (TPSA) is 380 Å². The highest BCUT2D eigenvalue weighted by Crippen LogP contribution is 2.12. The zero-order valence-electron chi connectivity index (χ0n) is 33.2. The number of rotatable bonds is 24. The van der Waals surface area contributed by atoms with Gasteiger partial charge in [0.25, 0.3) is 5.97 Å². The number of nitrogens with two attached hydrogens (primary N) is 5. The van der Waals surface area contributed by atoms with E-state index in [1.807, 2.05) is 27.7 Å². The van der Waals surface area contributed by atoms with Gasteiger partial charge in [0.15, 0.2) is 5.96 Å². The van der Waals surface area contributed by atoms with Gasteiger partial charge in [0.05, 0.1) is 13.0 Å². The number of carboxylic acids is 1. The second-order valence-electron chi connectivity index (χ2n) is 14.1. The van der Waals surface area contributed by atoms with E-state index >= 15 is 0 Å². The maximum Gasteiger partial charge on any atom is 0.300 e. The van der Waals surface area contributed by atoms with Gasteiger partial charge in [-0.15, -0.1) is 0 Å². The molecule has 0 radical (unpaired) electrons. The van der Waals surface area contributed by atoms with Crippen LogP contribution in [0.1, 0.15) is 72.3 Å². The lowest BCUT2D eigenvalue weighted by atomic mass is 9.98. The summed E-state index contributed by atoms with van der Waals surface area (Å²) in [6.45, 7) is 7.82. The molecule has 1 aromatic carbocycles. The van der Waals surface area contributed by atoms with Crippen molar-refractivity contribution in [3.05, 3.63) is 35.9 Å². The first-order chi connectivity index (χ1) is 26.6. The number of benzene rings is 1. The van der Waals surface area contributed by atoms with E-state index < -0.39 is 96.6 Å². The number of hydrogen-bond donors (Lipinski definition) is 12. The fourth-order valence-electron chi connectivity index (χ4n) is 5.11. The van der Waals surface area contributed by atoms with Crippen LogP contribution in [0.25, 0.3) is 0 Å². The van der Waals surface area contributed by atoms with Crippen molar-refractivity contribution in [2.45, 2.75) is 109 Å².